The van der Waals surface area contributed by atoms with Gasteiger partial charge >= 0.3 is 5.63 Å². The molecule has 142 valence electrons. The SMILES string of the molecule is COc1cccc2cc(C(=O)NC[C@H](O)c3csc4ccccc34)c(=O)oc12. The molecule has 4 rings (SSSR count). The smallest absolute Gasteiger partial charge is 0.349 e. The molecule has 4 aromatic rings. The van der Waals surface area contributed by atoms with E-state index in [1.807, 2.05) is 29.6 Å². The number of carbonyl (C=O) groups excluding carboxylic acids is 1. The zero-order valence-corrected chi connectivity index (χ0v) is 15.8. The van der Waals surface area contributed by atoms with Gasteiger partial charge in [0.2, 0.25) is 0 Å². The maximum absolute atomic E-state index is 12.5. The zero-order valence-electron chi connectivity index (χ0n) is 15.0. The maximum atomic E-state index is 12.5. The van der Waals surface area contributed by atoms with Crippen LogP contribution in [0.25, 0.3) is 21.1 Å². The summed E-state index contributed by atoms with van der Waals surface area (Å²) < 4.78 is 11.5. The summed E-state index contributed by atoms with van der Waals surface area (Å²) in [5.74, 6) is -0.182. The number of benzene rings is 2. The highest BCUT2D eigenvalue weighted by molar-refractivity contribution is 7.17. The Kier molecular flexibility index (Phi) is 4.85. The van der Waals surface area contributed by atoms with Crippen molar-refractivity contribution < 1.29 is 19.1 Å². The van der Waals surface area contributed by atoms with E-state index in [2.05, 4.69) is 5.32 Å². The number of aliphatic hydroxyl groups excluding tert-OH is 1. The molecule has 0 spiro atoms. The number of hydrogen-bond acceptors (Lipinski definition) is 6. The fourth-order valence-electron chi connectivity index (χ4n) is 3.09. The van der Waals surface area contributed by atoms with Crippen LogP contribution < -0.4 is 15.7 Å². The van der Waals surface area contributed by atoms with Crippen LogP contribution in [-0.4, -0.2) is 24.7 Å². The van der Waals surface area contributed by atoms with Crippen LogP contribution in [0.3, 0.4) is 0 Å². The number of hydrogen-bond donors (Lipinski definition) is 2. The van der Waals surface area contributed by atoms with Crippen molar-refractivity contribution in [2.45, 2.75) is 6.10 Å². The molecule has 0 radical (unpaired) electrons. The predicted molar refractivity (Wildman–Crippen MR) is 108 cm³/mol. The number of thiophene rings is 1. The first-order valence-corrected chi connectivity index (χ1v) is 9.49. The number of aliphatic hydroxyl groups is 1. The predicted octanol–water partition coefficient (Wildman–Crippen LogP) is 3.48. The van der Waals surface area contributed by atoms with E-state index >= 15 is 0 Å². The van der Waals surface area contributed by atoms with Crippen molar-refractivity contribution in [1.29, 1.82) is 0 Å². The lowest BCUT2D eigenvalue weighted by Gasteiger charge is -2.11. The molecule has 2 aromatic carbocycles. The summed E-state index contributed by atoms with van der Waals surface area (Å²) in [7, 11) is 1.48. The number of ether oxygens (including phenoxy) is 1. The monoisotopic (exact) mass is 395 g/mol. The molecule has 2 N–H and O–H groups in total. The van der Waals surface area contributed by atoms with Crippen molar-refractivity contribution in [3.8, 4) is 5.75 Å². The van der Waals surface area contributed by atoms with Gasteiger partial charge in [-0.3, -0.25) is 4.79 Å². The van der Waals surface area contributed by atoms with Crippen LogP contribution in [0, 0.1) is 0 Å². The van der Waals surface area contributed by atoms with Gasteiger partial charge in [0.25, 0.3) is 5.91 Å². The summed E-state index contributed by atoms with van der Waals surface area (Å²) in [5.41, 5.74) is 0.153. The Balaban J connectivity index is 1.55. The molecule has 0 aliphatic heterocycles. The Morgan fingerprint density at radius 2 is 2.07 bits per heavy atom. The second-order valence-corrected chi connectivity index (χ2v) is 7.15. The lowest BCUT2D eigenvalue weighted by molar-refractivity contribution is 0.0913. The Labute approximate surface area is 164 Å². The third kappa shape index (κ3) is 3.26. The number of nitrogens with one attached hydrogen (secondary N) is 1. The van der Waals surface area contributed by atoms with Crippen molar-refractivity contribution in [2.75, 3.05) is 13.7 Å². The number of rotatable bonds is 5. The molecule has 0 unspecified atom stereocenters. The molecule has 0 fully saturated rings. The van der Waals surface area contributed by atoms with Gasteiger partial charge in [-0.15, -0.1) is 11.3 Å². The van der Waals surface area contributed by atoms with Gasteiger partial charge in [0, 0.05) is 22.2 Å². The Hall–Kier alpha value is -3.16. The van der Waals surface area contributed by atoms with E-state index < -0.39 is 17.6 Å². The van der Waals surface area contributed by atoms with Crippen LogP contribution in [0.4, 0.5) is 0 Å². The number of fused-ring (bicyclic) bond motifs is 2. The second-order valence-electron chi connectivity index (χ2n) is 6.24. The van der Waals surface area contributed by atoms with Gasteiger partial charge in [-0.2, -0.15) is 0 Å². The summed E-state index contributed by atoms with van der Waals surface area (Å²) in [6, 6.07) is 14.3. The van der Waals surface area contributed by atoms with E-state index in [1.165, 1.54) is 24.5 Å². The normalized spacial score (nSPS) is 12.2. The number of carbonyl (C=O) groups is 1. The number of para-hydroxylation sites is 1. The Morgan fingerprint density at radius 3 is 2.89 bits per heavy atom. The van der Waals surface area contributed by atoms with Gasteiger partial charge in [-0.05, 0) is 29.0 Å². The van der Waals surface area contributed by atoms with E-state index in [0.717, 1.165) is 15.6 Å². The van der Waals surface area contributed by atoms with E-state index in [4.69, 9.17) is 9.15 Å². The molecule has 0 saturated carbocycles. The third-order valence-corrected chi connectivity index (χ3v) is 5.50. The molecule has 1 amide bonds. The Bertz CT molecular complexity index is 1230. The zero-order chi connectivity index (χ0) is 19.7. The highest BCUT2D eigenvalue weighted by Gasteiger charge is 2.18. The molecule has 1 atom stereocenters. The summed E-state index contributed by atoms with van der Waals surface area (Å²) in [6.45, 7) is -0.0187. The van der Waals surface area contributed by atoms with Gasteiger partial charge in [-0.1, -0.05) is 30.3 Å². The molecule has 0 saturated heterocycles. The van der Waals surface area contributed by atoms with Crippen molar-refractivity contribution in [3.05, 3.63) is 75.5 Å². The first kappa shape index (κ1) is 18.2. The molecule has 6 nitrogen and oxygen atoms in total. The van der Waals surface area contributed by atoms with Crippen LogP contribution in [0.2, 0.25) is 0 Å². The highest BCUT2D eigenvalue weighted by Crippen LogP contribution is 2.30. The average Bonchev–Trinajstić information content (AvgIpc) is 3.15. The molecule has 0 aliphatic rings. The number of methoxy groups -OCH3 is 1. The minimum Gasteiger partial charge on any atom is -0.493 e. The molecule has 7 heteroatoms. The number of amides is 1. The first-order chi connectivity index (χ1) is 13.6. The fraction of sp³-hybridized carbons (Fsp3) is 0.143. The van der Waals surface area contributed by atoms with Gasteiger partial charge in [0.1, 0.15) is 5.56 Å². The van der Waals surface area contributed by atoms with E-state index in [9.17, 15) is 14.7 Å². The van der Waals surface area contributed by atoms with Gasteiger partial charge in [0.05, 0.1) is 13.2 Å². The van der Waals surface area contributed by atoms with Crippen molar-refractivity contribution in [2.24, 2.45) is 0 Å². The van der Waals surface area contributed by atoms with Gasteiger partial charge in [-0.25, -0.2) is 4.79 Å². The molecule has 2 heterocycles. The lowest BCUT2D eigenvalue weighted by atomic mass is 10.1. The van der Waals surface area contributed by atoms with Crippen molar-refractivity contribution in [1.82, 2.24) is 5.32 Å². The topological polar surface area (TPSA) is 88.8 Å². The largest absolute Gasteiger partial charge is 0.493 e. The van der Waals surface area contributed by atoms with Gasteiger partial charge < -0.3 is 19.6 Å². The average molecular weight is 395 g/mol. The standard InChI is InChI=1S/C21H17NO5S/c1-26-17-7-4-5-12-9-14(21(25)27-19(12)17)20(24)22-10-16(23)15-11-28-18-8-3-2-6-13(15)18/h2-9,11,16,23H,10H2,1H3,(H,22,24)/t16-/m0/s1. The molecule has 2 aromatic heterocycles. The quantitative estimate of drug-likeness (QED) is 0.505. The third-order valence-electron chi connectivity index (χ3n) is 4.51. The molecule has 0 bridgehead atoms. The van der Waals surface area contributed by atoms with Crippen LogP contribution >= 0.6 is 11.3 Å². The minimum atomic E-state index is -0.882. The second kappa shape index (κ2) is 7.46. The van der Waals surface area contributed by atoms with Crippen LogP contribution in [0.1, 0.15) is 22.0 Å². The Morgan fingerprint density at radius 1 is 1.25 bits per heavy atom. The first-order valence-electron chi connectivity index (χ1n) is 8.61. The van der Waals surface area contributed by atoms with E-state index in [-0.39, 0.29) is 17.7 Å². The maximum Gasteiger partial charge on any atom is 0.349 e. The fourth-order valence-corrected chi connectivity index (χ4v) is 4.10. The van der Waals surface area contributed by atoms with Crippen LogP contribution in [-0.2, 0) is 0 Å². The van der Waals surface area contributed by atoms with Crippen LogP contribution in [0.15, 0.2) is 63.1 Å². The van der Waals surface area contributed by atoms with Gasteiger partial charge in [0.15, 0.2) is 11.3 Å². The van der Waals surface area contributed by atoms with E-state index in [1.54, 1.807) is 18.2 Å². The van der Waals surface area contributed by atoms with Crippen LogP contribution in [0.5, 0.6) is 5.75 Å². The van der Waals surface area contributed by atoms with Crippen molar-refractivity contribution in [3.63, 3.8) is 0 Å². The summed E-state index contributed by atoms with van der Waals surface area (Å²) >= 11 is 1.53. The minimum absolute atomic E-state index is 0.0187. The van der Waals surface area contributed by atoms with E-state index in [0.29, 0.717) is 11.1 Å². The summed E-state index contributed by atoms with van der Waals surface area (Å²) in [4.78, 5) is 24.7. The molecule has 28 heavy (non-hydrogen) atoms. The molecule has 0 aliphatic carbocycles. The lowest BCUT2D eigenvalue weighted by Crippen LogP contribution is -2.31. The molecular formula is C21H17NO5S. The highest BCUT2D eigenvalue weighted by atomic mass is 32.1. The summed E-state index contributed by atoms with van der Waals surface area (Å²) in [5, 5.41) is 16.5. The van der Waals surface area contributed by atoms with Crippen molar-refractivity contribution >= 4 is 38.3 Å². The molecular weight excluding hydrogens is 378 g/mol. The summed E-state index contributed by atoms with van der Waals surface area (Å²) in [6.07, 6.45) is -0.882.